The first-order valence-corrected chi connectivity index (χ1v) is 8.99. The zero-order valence-corrected chi connectivity index (χ0v) is 15.1. The summed E-state index contributed by atoms with van der Waals surface area (Å²) in [7, 11) is 1.82. The van der Waals surface area contributed by atoms with E-state index in [4.69, 9.17) is 0 Å². The lowest BCUT2D eigenvalue weighted by molar-refractivity contribution is -0.131. The second-order valence-corrected chi connectivity index (χ2v) is 6.88. The highest BCUT2D eigenvalue weighted by molar-refractivity contribution is 5.78. The van der Waals surface area contributed by atoms with Crippen LogP contribution in [0.2, 0.25) is 0 Å². The fraction of sp³-hybridized carbons (Fsp3) is 0.381. The summed E-state index contributed by atoms with van der Waals surface area (Å²) in [5, 5.41) is 3.05. The lowest BCUT2D eigenvalue weighted by Crippen LogP contribution is -2.39. The van der Waals surface area contributed by atoms with Gasteiger partial charge in [0.1, 0.15) is 11.6 Å². The first kappa shape index (κ1) is 18.5. The molecule has 0 aromatic heterocycles. The predicted octanol–water partition coefficient (Wildman–Crippen LogP) is 4.15. The lowest BCUT2D eigenvalue weighted by Gasteiger charge is -2.33. The van der Waals surface area contributed by atoms with E-state index in [0.717, 1.165) is 25.3 Å². The summed E-state index contributed by atoms with van der Waals surface area (Å²) in [6, 6.07) is 11.4. The number of carbonyl (C=O) groups is 1. The van der Waals surface area contributed by atoms with Crippen molar-refractivity contribution in [2.75, 3.05) is 13.6 Å². The van der Waals surface area contributed by atoms with E-state index in [1.807, 2.05) is 19.2 Å². The molecule has 0 bridgehead atoms. The smallest absolute Gasteiger partial charge is 0.236 e. The van der Waals surface area contributed by atoms with Crippen molar-refractivity contribution in [3.63, 3.8) is 0 Å². The molecule has 5 heteroatoms. The number of rotatable bonds is 5. The van der Waals surface area contributed by atoms with Crippen molar-refractivity contribution in [2.24, 2.45) is 0 Å². The van der Waals surface area contributed by atoms with Crippen molar-refractivity contribution in [1.29, 1.82) is 0 Å². The Labute approximate surface area is 153 Å². The maximum atomic E-state index is 13.9. The van der Waals surface area contributed by atoms with Gasteiger partial charge in [0, 0.05) is 24.7 Å². The SMILES string of the molecule is CC(NCC(=O)N(C)C1CCCc2ccccc21)c1ccc(F)cc1F. The van der Waals surface area contributed by atoms with E-state index in [1.165, 1.54) is 23.3 Å². The number of fused-ring (bicyclic) bond motifs is 1. The number of hydrogen-bond acceptors (Lipinski definition) is 2. The van der Waals surface area contributed by atoms with Crippen molar-refractivity contribution in [3.8, 4) is 0 Å². The molecule has 0 heterocycles. The first-order chi connectivity index (χ1) is 12.5. The van der Waals surface area contributed by atoms with Gasteiger partial charge in [-0.3, -0.25) is 4.79 Å². The zero-order valence-electron chi connectivity index (χ0n) is 15.1. The van der Waals surface area contributed by atoms with Crippen LogP contribution in [0.4, 0.5) is 8.78 Å². The third-order valence-corrected chi connectivity index (χ3v) is 5.19. The van der Waals surface area contributed by atoms with Gasteiger partial charge >= 0.3 is 0 Å². The number of amides is 1. The molecule has 1 N–H and O–H groups in total. The molecule has 2 aromatic carbocycles. The highest BCUT2D eigenvalue weighted by Gasteiger charge is 2.26. The Morgan fingerprint density at radius 3 is 2.81 bits per heavy atom. The number of hydrogen-bond donors (Lipinski definition) is 1. The zero-order chi connectivity index (χ0) is 18.7. The first-order valence-electron chi connectivity index (χ1n) is 8.99. The van der Waals surface area contributed by atoms with Crippen LogP contribution in [-0.4, -0.2) is 24.4 Å². The molecule has 138 valence electrons. The van der Waals surface area contributed by atoms with E-state index in [2.05, 4.69) is 17.4 Å². The summed E-state index contributed by atoms with van der Waals surface area (Å²) in [5.41, 5.74) is 2.87. The third kappa shape index (κ3) is 3.93. The van der Waals surface area contributed by atoms with Crippen LogP contribution < -0.4 is 5.32 Å². The molecule has 2 atom stereocenters. The van der Waals surface area contributed by atoms with Gasteiger partial charge < -0.3 is 10.2 Å². The Bertz CT molecular complexity index is 793. The number of likely N-dealkylation sites (N-methyl/N-ethyl adjacent to an activating group) is 1. The predicted molar refractivity (Wildman–Crippen MR) is 97.7 cm³/mol. The number of nitrogens with zero attached hydrogens (tertiary/aromatic N) is 1. The number of halogens is 2. The van der Waals surface area contributed by atoms with Crippen molar-refractivity contribution in [3.05, 3.63) is 70.8 Å². The molecule has 2 unspecified atom stereocenters. The summed E-state index contributed by atoms with van der Waals surface area (Å²) in [6.07, 6.45) is 3.05. The molecule has 0 radical (unpaired) electrons. The summed E-state index contributed by atoms with van der Waals surface area (Å²) >= 11 is 0. The summed E-state index contributed by atoms with van der Waals surface area (Å²) in [6.45, 7) is 1.87. The highest BCUT2D eigenvalue weighted by Crippen LogP contribution is 2.33. The minimum Gasteiger partial charge on any atom is -0.338 e. The van der Waals surface area contributed by atoms with Crippen molar-refractivity contribution < 1.29 is 13.6 Å². The Balaban J connectivity index is 1.63. The Morgan fingerprint density at radius 2 is 2.04 bits per heavy atom. The average molecular weight is 358 g/mol. The Kier molecular flexibility index (Phi) is 5.67. The molecule has 2 aromatic rings. The van der Waals surface area contributed by atoms with Gasteiger partial charge in [0.15, 0.2) is 0 Å². The summed E-state index contributed by atoms with van der Waals surface area (Å²) in [4.78, 5) is 14.4. The van der Waals surface area contributed by atoms with Crippen LogP contribution >= 0.6 is 0 Å². The molecule has 26 heavy (non-hydrogen) atoms. The van der Waals surface area contributed by atoms with Crippen molar-refractivity contribution >= 4 is 5.91 Å². The number of aryl methyl sites for hydroxylation is 1. The van der Waals surface area contributed by atoms with E-state index in [-0.39, 0.29) is 24.5 Å². The van der Waals surface area contributed by atoms with Gasteiger partial charge in [-0.25, -0.2) is 8.78 Å². The molecule has 0 saturated carbocycles. The van der Waals surface area contributed by atoms with Crippen LogP contribution in [0.1, 0.15) is 48.5 Å². The van der Waals surface area contributed by atoms with E-state index >= 15 is 0 Å². The molecule has 1 aliphatic rings. The molecule has 3 rings (SSSR count). The monoisotopic (exact) mass is 358 g/mol. The standard InChI is InChI=1S/C21H24F2N2O/c1-14(17-11-10-16(22)12-19(17)23)24-13-21(26)25(2)20-9-5-7-15-6-3-4-8-18(15)20/h3-4,6,8,10-12,14,20,24H,5,7,9,13H2,1-2H3. The number of carbonyl (C=O) groups excluding carboxylic acids is 1. The second-order valence-electron chi connectivity index (χ2n) is 6.88. The van der Waals surface area contributed by atoms with Gasteiger partial charge in [0.25, 0.3) is 0 Å². The molecule has 0 fully saturated rings. The molecular weight excluding hydrogens is 334 g/mol. The topological polar surface area (TPSA) is 32.3 Å². The van der Waals surface area contributed by atoms with E-state index in [0.29, 0.717) is 5.56 Å². The fourth-order valence-corrected chi connectivity index (χ4v) is 3.63. The Morgan fingerprint density at radius 1 is 1.27 bits per heavy atom. The van der Waals surface area contributed by atoms with Crippen LogP contribution in [0, 0.1) is 11.6 Å². The minimum atomic E-state index is -0.606. The maximum Gasteiger partial charge on any atom is 0.236 e. The fourth-order valence-electron chi connectivity index (χ4n) is 3.63. The van der Waals surface area contributed by atoms with Crippen molar-refractivity contribution in [1.82, 2.24) is 10.2 Å². The second kappa shape index (κ2) is 7.96. The summed E-state index contributed by atoms with van der Waals surface area (Å²) in [5.74, 6) is -1.25. The van der Waals surface area contributed by atoms with Gasteiger partial charge in [0.05, 0.1) is 12.6 Å². The van der Waals surface area contributed by atoms with E-state index < -0.39 is 11.6 Å². The van der Waals surface area contributed by atoms with Crippen LogP contribution in [0.15, 0.2) is 42.5 Å². The van der Waals surface area contributed by atoms with E-state index in [9.17, 15) is 13.6 Å². The molecule has 1 aliphatic carbocycles. The van der Waals surface area contributed by atoms with Gasteiger partial charge in [0.2, 0.25) is 5.91 Å². The van der Waals surface area contributed by atoms with Gasteiger partial charge in [-0.1, -0.05) is 30.3 Å². The molecule has 0 spiro atoms. The van der Waals surface area contributed by atoms with Crippen molar-refractivity contribution in [2.45, 2.75) is 38.3 Å². The van der Waals surface area contributed by atoms with Crippen LogP contribution in [0.3, 0.4) is 0 Å². The number of nitrogens with one attached hydrogen (secondary N) is 1. The molecule has 0 saturated heterocycles. The van der Waals surface area contributed by atoms with Gasteiger partial charge in [-0.15, -0.1) is 0 Å². The Hall–Kier alpha value is -2.27. The van der Waals surface area contributed by atoms with Crippen LogP contribution in [0.25, 0.3) is 0 Å². The average Bonchev–Trinajstić information content (AvgIpc) is 2.64. The largest absolute Gasteiger partial charge is 0.338 e. The van der Waals surface area contributed by atoms with Gasteiger partial charge in [-0.05, 0) is 43.4 Å². The molecular formula is C21H24F2N2O. The van der Waals surface area contributed by atoms with E-state index in [1.54, 1.807) is 11.8 Å². The maximum absolute atomic E-state index is 13.9. The third-order valence-electron chi connectivity index (χ3n) is 5.19. The number of benzene rings is 2. The van der Waals surface area contributed by atoms with Crippen LogP contribution in [0.5, 0.6) is 0 Å². The summed E-state index contributed by atoms with van der Waals surface area (Å²) < 4.78 is 26.9. The lowest BCUT2D eigenvalue weighted by atomic mass is 9.87. The molecule has 1 amide bonds. The van der Waals surface area contributed by atoms with Gasteiger partial charge in [-0.2, -0.15) is 0 Å². The van der Waals surface area contributed by atoms with Crippen LogP contribution in [-0.2, 0) is 11.2 Å². The quantitative estimate of drug-likeness (QED) is 0.871. The highest BCUT2D eigenvalue weighted by atomic mass is 19.1. The minimum absolute atomic E-state index is 0.0407. The molecule has 3 nitrogen and oxygen atoms in total. The molecule has 0 aliphatic heterocycles. The normalized spacial score (nSPS) is 17.5.